The predicted molar refractivity (Wildman–Crippen MR) is 67.9 cm³/mol. The summed E-state index contributed by atoms with van der Waals surface area (Å²) in [6.45, 7) is 2.13. The highest BCUT2D eigenvalue weighted by molar-refractivity contribution is 8.00. The number of amides is 2. The molecule has 1 atom stereocenters. The smallest absolute Gasteiger partial charge is 0.337 e. The van der Waals surface area contributed by atoms with E-state index in [2.05, 4.69) is 4.98 Å². The van der Waals surface area contributed by atoms with Gasteiger partial charge in [-0.05, 0) is 19.1 Å². The van der Waals surface area contributed by atoms with Crippen molar-refractivity contribution in [2.75, 3.05) is 6.54 Å². The number of imide groups is 1. The lowest BCUT2D eigenvalue weighted by atomic mass is 10.3. The van der Waals surface area contributed by atoms with E-state index in [9.17, 15) is 14.4 Å². The molecule has 19 heavy (non-hydrogen) atoms. The molecule has 1 aliphatic rings. The Balaban J connectivity index is 2.08. The van der Waals surface area contributed by atoms with E-state index < -0.39 is 11.2 Å². The number of carboxylic acids is 1. The molecule has 0 spiro atoms. The zero-order chi connectivity index (χ0) is 14.0. The molecule has 1 aromatic heterocycles. The normalized spacial score (nSPS) is 19.0. The Morgan fingerprint density at radius 1 is 1.53 bits per heavy atom. The summed E-state index contributed by atoms with van der Waals surface area (Å²) in [6.07, 6.45) is 1.41. The summed E-state index contributed by atoms with van der Waals surface area (Å²) in [4.78, 5) is 39.3. The third-order valence-corrected chi connectivity index (χ3v) is 3.90. The van der Waals surface area contributed by atoms with Crippen LogP contribution in [-0.2, 0) is 9.59 Å². The topological polar surface area (TPSA) is 87.6 Å². The van der Waals surface area contributed by atoms with Gasteiger partial charge >= 0.3 is 5.97 Å². The van der Waals surface area contributed by atoms with Crippen molar-refractivity contribution < 1.29 is 19.5 Å². The third kappa shape index (κ3) is 2.76. The van der Waals surface area contributed by atoms with Crippen LogP contribution in [0.3, 0.4) is 0 Å². The maximum Gasteiger partial charge on any atom is 0.337 e. The Bertz CT molecular complexity index is 529. The Labute approximate surface area is 113 Å². The summed E-state index contributed by atoms with van der Waals surface area (Å²) >= 11 is 1.19. The van der Waals surface area contributed by atoms with Crippen molar-refractivity contribution in [2.45, 2.75) is 23.6 Å². The van der Waals surface area contributed by atoms with E-state index in [0.717, 1.165) is 0 Å². The number of carbonyl (C=O) groups excluding carboxylic acids is 2. The largest absolute Gasteiger partial charge is 0.478 e. The fraction of sp³-hybridized carbons (Fsp3) is 0.333. The molecule has 1 N–H and O–H groups in total. The van der Waals surface area contributed by atoms with Crippen LogP contribution >= 0.6 is 11.8 Å². The van der Waals surface area contributed by atoms with Crippen LogP contribution in [0.2, 0.25) is 0 Å². The number of aromatic nitrogens is 1. The van der Waals surface area contributed by atoms with Crippen LogP contribution in [-0.4, -0.2) is 44.6 Å². The number of rotatable bonds is 4. The van der Waals surface area contributed by atoms with Gasteiger partial charge in [-0.15, -0.1) is 0 Å². The molecule has 0 saturated carbocycles. The van der Waals surface area contributed by atoms with Gasteiger partial charge in [0.15, 0.2) is 0 Å². The number of likely N-dealkylation sites (tertiary alicyclic amines) is 1. The quantitative estimate of drug-likeness (QED) is 0.828. The van der Waals surface area contributed by atoms with Crippen molar-refractivity contribution in [1.29, 1.82) is 0 Å². The molecule has 0 aliphatic carbocycles. The molecule has 6 nitrogen and oxygen atoms in total. The van der Waals surface area contributed by atoms with E-state index >= 15 is 0 Å². The van der Waals surface area contributed by atoms with E-state index in [1.807, 2.05) is 0 Å². The maximum atomic E-state index is 11.9. The fourth-order valence-corrected chi connectivity index (χ4v) is 2.81. The first-order valence-electron chi connectivity index (χ1n) is 5.73. The van der Waals surface area contributed by atoms with Crippen molar-refractivity contribution in [2.24, 2.45) is 0 Å². The second-order valence-electron chi connectivity index (χ2n) is 3.98. The standard InChI is InChI=1S/C12H12N2O4S/c1-2-14-10(15)5-8(11(14)16)19-9-4-3-7(6-13-9)12(17)18/h3-4,6,8H,2,5H2,1H3,(H,17,18). The van der Waals surface area contributed by atoms with E-state index in [0.29, 0.717) is 11.6 Å². The summed E-state index contributed by atoms with van der Waals surface area (Å²) in [6, 6.07) is 2.97. The zero-order valence-electron chi connectivity index (χ0n) is 10.2. The SMILES string of the molecule is CCN1C(=O)CC(Sc2ccc(C(=O)O)cn2)C1=O. The number of carboxylic acid groups (broad SMARTS) is 1. The van der Waals surface area contributed by atoms with Crippen LogP contribution in [0.15, 0.2) is 23.4 Å². The van der Waals surface area contributed by atoms with Crippen molar-refractivity contribution in [1.82, 2.24) is 9.88 Å². The van der Waals surface area contributed by atoms with E-state index in [1.54, 1.807) is 13.0 Å². The molecule has 0 aromatic carbocycles. The first kappa shape index (κ1) is 13.5. The van der Waals surface area contributed by atoms with Gasteiger partial charge < -0.3 is 5.11 Å². The summed E-state index contributed by atoms with van der Waals surface area (Å²) in [5.41, 5.74) is 0.0911. The van der Waals surface area contributed by atoms with Crippen molar-refractivity contribution in [3.05, 3.63) is 23.9 Å². The maximum absolute atomic E-state index is 11.9. The van der Waals surface area contributed by atoms with E-state index in [1.165, 1.54) is 28.9 Å². The summed E-state index contributed by atoms with van der Waals surface area (Å²) in [5.74, 6) is -1.43. The van der Waals surface area contributed by atoms with Crippen LogP contribution in [0.1, 0.15) is 23.7 Å². The van der Waals surface area contributed by atoms with Crippen molar-refractivity contribution >= 4 is 29.5 Å². The summed E-state index contributed by atoms with van der Waals surface area (Å²) < 4.78 is 0. The molecule has 0 radical (unpaired) electrons. The molecule has 100 valence electrons. The molecule has 1 fully saturated rings. The molecular weight excluding hydrogens is 268 g/mol. The monoisotopic (exact) mass is 280 g/mol. The average Bonchev–Trinajstić information content (AvgIpc) is 2.64. The second-order valence-corrected chi connectivity index (χ2v) is 5.20. The lowest BCUT2D eigenvalue weighted by molar-refractivity contribution is -0.137. The summed E-state index contributed by atoms with van der Waals surface area (Å²) in [7, 11) is 0. The minimum Gasteiger partial charge on any atom is -0.478 e. The van der Waals surface area contributed by atoms with Gasteiger partial charge in [0.05, 0.1) is 15.8 Å². The minimum absolute atomic E-state index is 0.0911. The molecule has 1 aliphatic heterocycles. The van der Waals surface area contributed by atoms with Crippen LogP contribution < -0.4 is 0 Å². The number of aromatic carboxylic acids is 1. The molecule has 1 aromatic rings. The van der Waals surface area contributed by atoms with Crippen molar-refractivity contribution in [3.8, 4) is 0 Å². The fourth-order valence-electron chi connectivity index (χ4n) is 1.80. The predicted octanol–water partition coefficient (Wildman–Crippen LogP) is 1.02. The van der Waals surface area contributed by atoms with Crippen LogP contribution in [0, 0.1) is 0 Å². The molecule has 1 unspecified atom stereocenters. The minimum atomic E-state index is -1.05. The highest BCUT2D eigenvalue weighted by Crippen LogP contribution is 2.30. The molecule has 2 heterocycles. The Kier molecular flexibility index (Phi) is 3.84. The van der Waals surface area contributed by atoms with Gasteiger partial charge in [0, 0.05) is 19.2 Å². The van der Waals surface area contributed by atoms with Gasteiger partial charge in [-0.25, -0.2) is 9.78 Å². The molecular formula is C12H12N2O4S. The number of thioether (sulfide) groups is 1. The number of hydrogen-bond acceptors (Lipinski definition) is 5. The summed E-state index contributed by atoms with van der Waals surface area (Å²) in [5, 5.41) is 8.82. The van der Waals surface area contributed by atoms with Gasteiger partial charge in [-0.3, -0.25) is 14.5 Å². The number of carbonyl (C=O) groups is 3. The number of pyridine rings is 1. The molecule has 1 saturated heterocycles. The van der Waals surface area contributed by atoms with Gasteiger partial charge in [0.1, 0.15) is 0 Å². The van der Waals surface area contributed by atoms with Crippen LogP contribution in [0.5, 0.6) is 0 Å². The molecule has 2 rings (SSSR count). The Hall–Kier alpha value is -1.89. The Morgan fingerprint density at radius 2 is 2.26 bits per heavy atom. The lowest BCUT2D eigenvalue weighted by Crippen LogP contribution is -2.30. The van der Waals surface area contributed by atoms with E-state index in [4.69, 9.17) is 5.11 Å². The Morgan fingerprint density at radius 3 is 2.74 bits per heavy atom. The van der Waals surface area contributed by atoms with Gasteiger partial charge in [0.25, 0.3) is 0 Å². The third-order valence-electron chi connectivity index (χ3n) is 2.77. The van der Waals surface area contributed by atoms with Gasteiger partial charge in [-0.1, -0.05) is 11.8 Å². The average molecular weight is 280 g/mol. The zero-order valence-corrected chi connectivity index (χ0v) is 11.0. The van der Waals surface area contributed by atoms with Crippen molar-refractivity contribution in [3.63, 3.8) is 0 Å². The van der Waals surface area contributed by atoms with E-state index in [-0.39, 0.29) is 23.8 Å². The highest BCUT2D eigenvalue weighted by Gasteiger charge is 2.38. The number of nitrogens with zero attached hydrogens (tertiary/aromatic N) is 2. The van der Waals surface area contributed by atoms with Gasteiger partial charge in [-0.2, -0.15) is 0 Å². The van der Waals surface area contributed by atoms with Gasteiger partial charge in [0.2, 0.25) is 11.8 Å². The van der Waals surface area contributed by atoms with Crippen LogP contribution in [0.4, 0.5) is 0 Å². The van der Waals surface area contributed by atoms with Crippen LogP contribution in [0.25, 0.3) is 0 Å². The second kappa shape index (κ2) is 5.40. The first-order valence-corrected chi connectivity index (χ1v) is 6.61. The molecule has 7 heteroatoms. The highest BCUT2D eigenvalue weighted by atomic mass is 32.2. The first-order chi connectivity index (χ1) is 9.02. The molecule has 2 amide bonds. The lowest BCUT2D eigenvalue weighted by Gasteiger charge is -2.11. The molecule has 0 bridgehead atoms. The number of hydrogen-bond donors (Lipinski definition) is 1.